The lowest BCUT2D eigenvalue weighted by Gasteiger charge is -2.12. The Kier molecular flexibility index (Phi) is 6.24. The number of nitrogens with one attached hydrogen (secondary N) is 2. The van der Waals surface area contributed by atoms with Gasteiger partial charge in [0.1, 0.15) is 5.75 Å². The zero-order valence-electron chi connectivity index (χ0n) is 14.8. The topological polar surface area (TPSA) is 50.4 Å². The van der Waals surface area contributed by atoms with Gasteiger partial charge in [0.15, 0.2) is 0 Å². The molecule has 0 saturated carbocycles. The van der Waals surface area contributed by atoms with Gasteiger partial charge in [0.2, 0.25) is 5.91 Å². The van der Waals surface area contributed by atoms with Crippen LogP contribution in [0.3, 0.4) is 0 Å². The van der Waals surface area contributed by atoms with E-state index in [1.807, 2.05) is 50.2 Å². The average Bonchev–Trinajstić information content (AvgIpc) is 2.55. The number of aryl methyl sites for hydroxylation is 2. The van der Waals surface area contributed by atoms with Crippen LogP contribution in [0, 0.1) is 19.8 Å². The van der Waals surface area contributed by atoms with Gasteiger partial charge in [0, 0.05) is 11.4 Å². The van der Waals surface area contributed by atoms with Crippen molar-refractivity contribution in [1.82, 2.24) is 0 Å². The third kappa shape index (κ3) is 5.61. The molecule has 2 N–H and O–H groups in total. The summed E-state index contributed by atoms with van der Waals surface area (Å²) in [6.45, 7) is 9.19. The fraction of sp³-hybridized carbons (Fsp3) is 0.350. The molecule has 2 aromatic carbocycles. The van der Waals surface area contributed by atoms with E-state index in [1.165, 1.54) is 5.56 Å². The normalized spacial score (nSPS) is 10.5. The fourth-order valence-electron chi connectivity index (χ4n) is 2.20. The van der Waals surface area contributed by atoms with Crippen LogP contribution in [-0.4, -0.2) is 19.1 Å². The van der Waals surface area contributed by atoms with Crippen molar-refractivity contribution in [3.05, 3.63) is 53.6 Å². The lowest BCUT2D eigenvalue weighted by atomic mass is 10.1. The maximum absolute atomic E-state index is 12.1. The molecule has 0 atom stereocenters. The van der Waals surface area contributed by atoms with Gasteiger partial charge < -0.3 is 15.4 Å². The highest BCUT2D eigenvalue weighted by Crippen LogP contribution is 2.17. The highest BCUT2D eigenvalue weighted by Gasteiger charge is 2.05. The van der Waals surface area contributed by atoms with E-state index < -0.39 is 0 Å². The molecule has 0 aliphatic rings. The summed E-state index contributed by atoms with van der Waals surface area (Å²) < 4.78 is 5.63. The molecule has 4 nitrogen and oxygen atoms in total. The lowest BCUT2D eigenvalue weighted by molar-refractivity contribution is -0.114. The monoisotopic (exact) mass is 326 g/mol. The highest BCUT2D eigenvalue weighted by atomic mass is 16.5. The molecule has 2 rings (SSSR count). The van der Waals surface area contributed by atoms with E-state index >= 15 is 0 Å². The molecule has 0 aliphatic carbocycles. The van der Waals surface area contributed by atoms with Crippen LogP contribution in [0.15, 0.2) is 42.5 Å². The Bertz CT molecular complexity index is 679. The van der Waals surface area contributed by atoms with Crippen LogP contribution in [0.4, 0.5) is 11.4 Å². The number of amides is 1. The average molecular weight is 326 g/mol. The van der Waals surface area contributed by atoms with Crippen molar-refractivity contribution >= 4 is 17.3 Å². The van der Waals surface area contributed by atoms with Crippen LogP contribution < -0.4 is 15.4 Å². The predicted octanol–water partition coefficient (Wildman–Crippen LogP) is 4.39. The van der Waals surface area contributed by atoms with Crippen LogP contribution in [0.1, 0.15) is 25.0 Å². The first-order valence-electron chi connectivity index (χ1n) is 8.28. The van der Waals surface area contributed by atoms with E-state index in [0.717, 1.165) is 22.7 Å². The van der Waals surface area contributed by atoms with Gasteiger partial charge in [-0.2, -0.15) is 0 Å². The number of hydrogen-bond donors (Lipinski definition) is 2. The fourth-order valence-corrected chi connectivity index (χ4v) is 2.20. The molecule has 0 bridgehead atoms. The van der Waals surface area contributed by atoms with E-state index in [2.05, 4.69) is 30.5 Å². The number of rotatable bonds is 7. The number of ether oxygens (including phenoxy) is 1. The molecular formula is C20H26N2O2. The second-order valence-electron chi connectivity index (χ2n) is 6.45. The van der Waals surface area contributed by atoms with Gasteiger partial charge in [-0.3, -0.25) is 4.79 Å². The van der Waals surface area contributed by atoms with Crippen molar-refractivity contribution in [1.29, 1.82) is 0 Å². The summed E-state index contributed by atoms with van der Waals surface area (Å²) in [6, 6.07) is 13.6. The van der Waals surface area contributed by atoms with E-state index in [0.29, 0.717) is 12.5 Å². The largest absolute Gasteiger partial charge is 0.493 e. The van der Waals surface area contributed by atoms with Crippen LogP contribution in [0.5, 0.6) is 5.75 Å². The number of benzene rings is 2. The third-order valence-electron chi connectivity index (χ3n) is 3.55. The molecule has 0 heterocycles. The summed E-state index contributed by atoms with van der Waals surface area (Å²) >= 11 is 0. The molecule has 0 radical (unpaired) electrons. The number of carbonyl (C=O) groups is 1. The smallest absolute Gasteiger partial charge is 0.243 e. The lowest BCUT2D eigenvalue weighted by Crippen LogP contribution is -2.22. The molecule has 0 spiro atoms. The Hall–Kier alpha value is -2.49. The minimum Gasteiger partial charge on any atom is -0.493 e. The summed E-state index contributed by atoms with van der Waals surface area (Å²) in [6.07, 6.45) is 0. The Labute approximate surface area is 144 Å². The van der Waals surface area contributed by atoms with E-state index in [-0.39, 0.29) is 12.5 Å². The maximum atomic E-state index is 12.1. The quantitative estimate of drug-likeness (QED) is 0.793. The van der Waals surface area contributed by atoms with Crippen molar-refractivity contribution in [2.75, 3.05) is 23.8 Å². The van der Waals surface area contributed by atoms with Gasteiger partial charge in [-0.15, -0.1) is 0 Å². The minimum atomic E-state index is -0.0771. The molecule has 0 unspecified atom stereocenters. The third-order valence-corrected chi connectivity index (χ3v) is 3.55. The van der Waals surface area contributed by atoms with Gasteiger partial charge in [0.25, 0.3) is 0 Å². The standard InChI is InChI=1S/C20H26N2O2/c1-14(2)13-24-18-9-7-17(8-10-18)22-20(23)12-21-19-11-15(3)5-6-16(19)4/h5-11,14,21H,12-13H2,1-4H3,(H,22,23). The minimum absolute atomic E-state index is 0.0771. The Morgan fingerprint density at radius 2 is 1.79 bits per heavy atom. The number of carbonyl (C=O) groups excluding carboxylic acids is 1. The summed E-state index contributed by atoms with van der Waals surface area (Å²) in [5, 5.41) is 6.06. The van der Waals surface area contributed by atoms with Crippen molar-refractivity contribution in [3.63, 3.8) is 0 Å². The Balaban J connectivity index is 1.84. The molecule has 1 amide bonds. The molecule has 0 aromatic heterocycles. The van der Waals surface area contributed by atoms with Crippen LogP contribution in [-0.2, 0) is 4.79 Å². The van der Waals surface area contributed by atoms with Gasteiger partial charge in [-0.1, -0.05) is 26.0 Å². The first-order chi connectivity index (χ1) is 11.4. The Morgan fingerprint density at radius 1 is 1.08 bits per heavy atom. The SMILES string of the molecule is Cc1ccc(C)c(NCC(=O)Nc2ccc(OCC(C)C)cc2)c1. The van der Waals surface area contributed by atoms with E-state index in [9.17, 15) is 4.79 Å². The molecule has 0 fully saturated rings. The Morgan fingerprint density at radius 3 is 2.46 bits per heavy atom. The summed E-state index contributed by atoms with van der Waals surface area (Å²) in [7, 11) is 0. The van der Waals surface area contributed by atoms with Crippen molar-refractivity contribution in [2.45, 2.75) is 27.7 Å². The molecule has 4 heteroatoms. The van der Waals surface area contributed by atoms with E-state index in [1.54, 1.807) is 0 Å². The van der Waals surface area contributed by atoms with Gasteiger partial charge >= 0.3 is 0 Å². The van der Waals surface area contributed by atoms with Gasteiger partial charge in [0.05, 0.1) is 13.2 Å². The maximum Gasteiger partial charge on any atom is 0.243 e. The molecular weight excluding hydrogens is 300 g/mol. The predicted molar refractivity (Wildman–Crippen MR) is 99.8 cm³/mol. The second kappa shape index (κ2) is 8.39. The molecule has 0 aliphatic heterocycles. The summed E-state index contributed by atoms with van der Waals surface area (Å²) in [4.78, 5) is 12.1. The van der Waals surface area contributed by atoms with E-state index in [4.69, 9.17) is 4.74 Å². The number of hydrogen-bond acceptors (Lipinski definition) is 3. The van der Waals surface area contributed by atoms with Gasteiger partial charge in [-0.25, -0.2) is 0 Å². The molecule has 0 saturated heterocycles. The van der Waals surface area contributed by atoms with Crippen molar-refractivity contribution in [2.24, 2.45) is 5.92 Å². The zero-order chi connectivity index (χ0) is 17.5. The van der Waals surface area contributed by atoms with Crippen LogP contribution in [0.25, 0.3) is 0 Å². The van der Waals surface area contributed by atoms with Crippen LogP contribution in [0.2, 0.25) is 0 Å². The van der Waals surface area contributed by atoms with Gasteiger partial charge in [-0.05, 0) is 61.2 Å². The highest BCUT2D eigenvalue weighted by molar-refractivity contribution is 5.93. The van der Waals surface area contributed by atoms with Crippen molar-refractivity contribution < 1.29 is 9.53 Å². The van der Waals surface area contributed by atoms with Crippen LogP contribution >= 0.6 is 0 Å². The second-order valence-corrected chi connectivity index (χ2v) is 6.45. The zero-order valence-corrected chi connectivity index (χ0v) is 14.8. The molecule has 24 heavy (non-hydrogen) atoms. The summed E-state index contributed by atoms with van der Waals surface area (Å²) in [5.41, 5.74) is 4.04. The number of anilines is 2. The molecule has 128 valence electrons. The molecule has 2 aromatic rings. The van der Waals surface area contributed by atoms with Crippen molar-refractivity contribution in [3.8, 4) is 5.75 Å². The first-order valence-corrected chi connectivity index (χ1v) is 8.28. The first kappa shape index (κ1) is 17.9. The summed E-state index contributed by atoms with van der Waals surface area (Å²) in [5.74, 6) is 1.22.